The van der Waals surface area contributed by atoms with E-state index in [1.54, 1.807) is 12.4 Å². The van der Waals surface area contributed by atoms with Crippen molar-refractivity contribution >= 4 is 11.6 Å². The topological polar surface area (TPSA) is 67.2 Å². The lowest BCUT2D eigenvalue weighted by Gasteiger charge is -2.36. The first-order chi connectivity index (χ1) is 13.2. The van der Waals surface area contributed by atoms with Crippen LogP contribution in [0.3, 0.4) is 0 Å². The first-order valence-electron chi connectivity index (χ1n) is 9.10. The quantitative estimate of drug-likeness (QED) is 0.704. The normalized spacial score (nSPS) is 14.4. The molecule has 0 N–H and O–H groups in total. The van der Waals surface area contributed by atoms with Crippen molar-refractivity contribution in [2.45, 2.75) is 13.5 Å². The van der Waals surface area contributed by atoms with Crippen LogP contribution < -0.4 is 15.4 Å². The number of nitrogens with zero attached hydrogens (tertiary/aromatic N) is 6. The van der Waals surface area contributed by atoms with E-state index in [1.807, 2.05) is 49.4 Å². The number of rotatable bonds is 4. The van der Waals surface area contributed by atoms with Crippen molar-refractivity contribution in [3.8, 4) is 0 Å². The third-order valence-corrected chi connectivity index (χ3v) is 4.74. The van der Waals surface area contributed by atoms with Crippen LogP contribution in [0.2, 0.25) is 0 Å². The van der Waals surface area contributed by atoms with Gasteiger partial charge in [-0.15, -0.1) is 0 Å². The molecule has 0 radical (unpaired) electrons. The van der Waals surface area contributed by atoms with Crippen molar-refractivity contribution in [1.82, 2.24) is 19.7 Å². The maximum atomic E-state index is 12.2. The van der Waals surface area contributed by atoms with Gasteiger partial charge in [-0.1, -0.05) is 30.3 Å². The van der Waals surface area contributed by atoms with E-state index >= 15 is 0 Å². The highest BCUT2D eigenvalue weighted by Crippen LogP contribution is 2.17. The Morgan fingerprint density at radius 3 is 2.30 bits per heavy atom. The maximum Gasteiger partial charge on any atom is 0.267 e. The summed E-state index contributed by atoms with van der Waals surface area (Å²) < 4.78 is 1.53. The van der Waals surface area contributed by atoms with E-state index in [0.717, 1.165) is 49.1 Å². The molecule has 3 aromatic rings. The molecule has 27 heavy (non-hydrogen) atoms. The molecule has 7 heteroatoms. The van der Waals surface area contributed by atoms with Crippen molar-refractivity contribution < 1.29 is 0 Å². The summed E-state index contributed by atoms with van der Waals surface area (Å²) in [5.41, 5.74) is 1.95. The molecule has 2 aromatic heterocycles. The number of hydrogen-bond donors (Lipinski definition) is 0. The monoisotopic (exact) mass is 362 g/mol. The largest absolute Gasteiger partial charge is 0.353 e. The molecular weight excluding hydrogens is 340 g/mol. The van der Waals surface area contributed by atoms with Crippen molar-refractivity contribution in [1.29, 1.82) is 0 Å². The highest BCUT2D eigenvalue weighted by molar-refractivity contribution is 5.44. The van der Waals surface area contributed by atoms with Crippen LogP contribution in [-0.2, 0) is 6.54 Å². The second-order valence-electron chi connectivity index (χ2n) is 6.66. The van der Waals surface area contributed by atoms with Gasteiger partial charge >= 0.3 is 0 Å². The van der Waals surface area contributed by atoms with Gasteiger partial charge in [-0.3, -0.25) is 4.79 Å². The van der Waals surface area contributed by atoms with Crippen LogP contribution in [-0.4, -0.2) is 45.9 Å². The van der Waals surface area contributed by atoms with Crippen LogP contribution in [0.15, 0.2) is 59.7 Å². The zero-order chi connectivity index (χ0) is 18.6. The summed E-state index contributed by atoms with van der Waals surface area (Å²) >= 11 is 0. The van der Waals surface area contributed by atoms with Gasteiger partial charge in [-0.25, -0.2) is 14.6 Å². The molecule has 1 saturated heterocycles. The van der Waals surface area contributed by atoms with Crippen LogP contribution in [0, 0.1) is 6.92 Å². The Kier molecular flexibility index (Phi) is 4.82. The smallest absolute Gasteiger partial charge is 0.267 e. The molecule has 0 aliphatic carbocycles. The number of aromatic nitrogens is 4. The first-order valence-corrected chi connectivity index (χ1v) is 9.10. The standard InChI is InChI=1S/C20H22N6O/c1-16-13-19(22-15-21-16)25-11-9-24(10-12-25)18-7-8-20(27)26(23-18)14-17-5-3-2-4-6-17/h2-8,13,15H,9-12,14H2,1H3. The lowest BCUT2D eigenvalue weighted by atomic mass is 10.2. The van der Waals surface area contributed by atoms with Gasteiger partial charge in [0, 0.05) is 44.0 Å². The third kappa shape index (κ3) is 3.97. The predicted molar refractivity (Wildman–Crippen MR) is 105 cm³/mol. The van der Waals surface area contributed by atoms with Gasteiger partial charge in [0.25, 0.3) is 5.56 Å². The number of anilines is 2. The molecule has 0 spiro atoms. The molecule has 0 bridgehead atoms. The molecule has 0 unspecified atom stereocenters. The first kappa shape index (κ1) is 17.2. The Morgan fingerprint density at radius 2 is 1.59 bits per heavy atom. The van der Waals surface area contributed by atoms with Gasteiger partial charge in [0.2, 0.25) is 0 Å². The highest BCUT2D eigenvalue weighted by Gasteiger charge is 2.20. The van der Waals surface area contributed by atoms with E-state index in [4.69, 9.17) is 0 Å². The minimum Gasteiger partial charge on any atom is -0.353 e. The molecule has 7 nitrogen and oxygen atoms in total. The van der Waals surface area contributed by atoms with Crippen molar-refractivity contribution in [3.05, 3.63) is 76.5 Å². The molecule has 1 aliphatic rings. The molecule has 1 fully saturated rings. The summed E-state index contributed by atoms with van der Waals surface area (Å²) in [6, 6.07) is 15.3. The summed E-state index contributed by atoms with van der Waals surface area (Å²) in [6.45, 7) is 5.83. The second kappa shape index (κ2) is 7.57. The van der Waals surface area contributed by atoms with Crippen molar-refractivity contribution in [2.75, 3.05) is 36.0 Å². The van der Waals surface area contributed by atoms with Crippen molar-refractivity contribution in [3.63, 3.8) is 0 Å². The number of benzene rings is 1. The van der Waals surface area contributed by atoms with Gasteiger partial charge in [0.1, 0.15) is 18.0 Å². The summed E-state index contributed by atoms with van der Waals surface area (Å²) in [6.07, 6.45) is 1.61. The fourth-order valence-corrected chi connectivity index (χ4v) is 3.25. The lowest BCUT2D eigenvalue weighted by Crippen LogP contribution is -2.47. The van der Waals surface area contributed by atoms with Crippen molar-refractivity contribution in [2.24, 2.45) is 0 Å². The van der Waals surface area contributed by atoms with Gasteiger partial charge in [-0.2, -0.15) is 5.10 Å². The Bertz CT molecular complexity index is 963. The van der Waals surface area contributed by atoms with Crippen LogP contribution in [0.4, 0.5) is 11.6 Å². The fourth-order valence-electron chi connectivity index (χ4n) is 3.25. The molecule has 1 aliphatic heterocycles. The summed E-state index contributed by atoms with van der Waals surface area (Å²) in [5.74, 6) is 1.80. The van der Waals surface area contributed by atoms with Crippen LogP contribution in [0.25, 0.3) is 0 Å². The van der Waals surface area contributed by atoms with Gasteiger partial charge in [0.15, 0.2) is 0 Å². The van der Waals surface area contributed by atoms with Gasteiger partial charge < -0.3 is 9.80 Å². The molecule has 0 atom stereocenters. The van der Waals surface area contributed by atoms with E-state index in [2.05, 4.69) is 24.9 Å². The lowest BCUT2D eigenvalue weighted by molar-refractivity contribution is 0.599. The minimum atomic E-state index is -0.0855. The molecule has 3 heterocycles. The SMILES string of the molecule is Cc1cc(N2CCN(c3ccc(=O)n(Cc4ccccc4)n3)CC2)ncn1. The molecular formula is C20H22N6O. The van der Waals surface area contributed by atoms with E-state index in [1.165, 1.54) is 4.68 Å². The zero-order valence-electron chi connectivity index (χ0n) is 15.3. The van der Waals surface area contributed by atoms with E-state index in [9.17, 15) is 4.79 Å². The fraction of sp³-hybridized carbons (Fsp3) is 0.300. The van der Waals surface area contributed by atoms with Gasteiger partial charge in [0.05, 0.1) is 6.54 Å². The van der Waals surface area contributed by atoms with Crippen LogP contribution in [0.1, 0.15) is 11.3 Å². The highest BCUT2D eigenvalue weighted by atomic mass is 16.1. The Labute approximate surface area is 157 Å². The van der Waals surface area contributed by atoms with E-state index in [-0.39, 0.29) is 5.56 Å². The third-order valence-electron chi connectivity index (χ3n) is 4.74. The Balaban J connectivity index is 1.47. The number of aryl methyl sites for hydroxylation is 1. The molecule has 4 rings (SSSR count). The van der Waals surface area contributed by atoms with E-state index in [0.29, 0.717) is 6.54 Å². The minimum absolute atomic E-state index is 0.0855. The predicted octanol–water partition coefficient (Wildman–Crippen LogP) is 1.72. The zero-order valence-corrected chi connectivity index (χ0v) is 15.3. The summed E-state index contributed by atoms with van der Waals surface area (Å²) in [4.78, 5) is 25.2. The summed E-state index contributed by atoms with van der Waals surface area (Å²) in [5, 5.41) is 4.59. The Hall–Kier alpha value is -3.22. The Morgan fingerprint density at radius 1 is 0.889 bits per heavy atom. The molecule has 0 saturated carbocycles. The van der Waals surface area contributed by atoms with E-state index < -0.39 is 0 Å². The average Bonchev–Trinajstić information content (AvgIpc) is 2.71. The maximum absolute atomic E-state index is 12.2. The van der Waals surface area contributed by atoms with Crippen LogP contribution >= 0.6 is 0 Å². The summed E-state index contributed by atoms with van der Waals surface area (Å²) in [7, 11) is 0. The number of hydrogen-bond acceptors (Lipinski definition) is 6. The van der Waals surface area contributed by atoms with Gasteiger partial charge in [-0.05, 0) is 18.6 Å². The van der Waals surface area contributed by atoms with Crippen LogP contribution in [0.5, 0.6) is 0 Å². The molecule has 0 amide bonds. The molecule has 138 valence electrons. The number of piperazine rings is 1. The molecule has 1 aromatic carbocycles. The second-order valence-corrected chi connectivity index (χ2v) is 6.66. The average molecular weight is 362 g/mol.